The Bertz CT molecular complexity index is 1280. The molecule has 1 aliphatic heterocycles. The third-order valence-corrected chi connectivity index (χ3v) is 5.05. The summed E-state index contributed by atoms with van der Waals surface area (Å²) in [7, 11) is 0. The standard InChI is InChI=1S/C22H25N3O11/c1-10(26)32-9-16-17(33-11(2)27)18(34-12(3)28)19(35-13(4)29)20(36-16)24-25-21(30)14-7-5-6-8-15(14)23-22(25)31/h5-8,16-20,24H,9H2,1-4H3,(H,23,31). The summed E-state index contributed by atoms with van der Waals surface area (Å²) in [5.41, 5.74) is 1.22. The first-order chi connectivity index (χ1) is 17.0. The second-order valence-corrected chi connectivity index (χ2v) is 7.87. The topological polar surface area (TPSA) is 181 Å². The summed E-state index contributed by atoms with van der Waals surface area (Å²) in [5.74, 6) is -3.11. The molecule has 2 aromatic rings. The Labute approximate surface area is 203 Å². The molecule has 1 aliphatic rings. The minimum atomic E-state index is -1.50. The van der Waals surface area contributed by atoms with Crippen LogP contribution in [0.25, 0.3) is 10.9 Å². The highest BCUT2D eigenvalue weighted by Crippen LogP contribution is 2.28. The summed E-state index contributed by atoms with van der Waals surface area (Å²) in [5, 5.41) is 0.162. The maximum Gasteiger partial charge on any atom is 0.347 e. The molecule has 3 rings (SSSR count). The Morgan fingerprint density at radius 2 is 1.47 bits per heavy atom. The lowest BCUT2D eigenvalue weighted by atomic mass is 9.97. The molecule has 5 atom stereocenters. The molecule has 1 aromatic carbocycles. The van der Waals surface area contributed by atoms with E-state index in [1.165, 1.54) is 12.1 Å². The van der Waals surface area contributed by atoms with Crippen LogP contribution < -0.4 is 16.7 Å². The van der Waals surface area contributed by atoms with Crippen molar-refractivity contribution in [3.05, 3.63) is 45.1 Å². The average molecular weight is 507 g/mol. The van der Waals surface area contributed by atoms with E-state index in [0.29, 0.717) is 4.68 Å². The van der Waals surface area contributed by atoms with E-state index < -0.39 is 72.4 Å². The van der Waals surface area contributed by atoms with Crippen molar-refractivity contribution in [3.63, 3.8) is 0 Å². The van der Waals surface area contributed by atoms with Crippen molar-refractivity contribution in [3.8, 4) is 0 Å². The predicted molar refractivity (Wildman–Crippen MR) is 120 cm³/mol. The van der Waals surface area contributed by atoms with E-state index in [4.69, 9.17) is 23.7 Å². The molecule has 0 amide bonds. The minimum absolute atomic E-state index is 0.162. The molecule has 5 unspecified atom stereocenters. The van der Waals surface area contributed by atoms with Crippen molar-refractivity contribution >= 4 is 34.8 Å². The molecule has 194 valence electrons. The van der Waals surface area contributed by atoms with Gasteiger partial charge in [0.1, 0.15) is 12.7 Å². The van der Waals surface area contributed by atoms with Gasteiger partial charge < -0.3 is 28.7 Å². The predicted octanol–water partition coefficient (Wildman–Crippen LogP) is -0.684. The number of nitrogens with zero attached hydrogens (tertiary/aromatic N) is 1. The van der Waals surface area contributed by atoms with Gasteiger partial charge in [-0.05, 0) is 12.1 Å². The van der Waals surface area contributed by atoms with Gasteiger partial charge in [0.05, 0.1) is 10.9 Å². The molecule has 2 heterocycles. The van der Waals surface area contributed by atoms with E-state index in [-0.39, 0.29) is 10.9 Å². The number of benzene rings is 1. The summed E-state index contributed by atoms with van der Waals surface area (Å²) < 4.78 is 27.4. The number of esters is 4. The van der Waals surface area contributed by atoms with Crippen molar-refractivity contribution in [2.45, 2.75) is 58.3 Å². The smallest absolute Gasteiger partial charge is 0.347 e. The van der Waals surface area contributed by atoms with Crippen LogP contribution in [0.3, 0.4) is 0 Å². The number of H-pyrrole nitrogens is 1. The number of hydrogen-bond acceptors (Lipinski definition) is 12. The molecule has 1 saturated heterocycles. The fourth-order valence-electron chi connectivity index (χ4n) is 3.74. The zero-order chi connectivity index (χ0) is 26.6. The second kappa shape index (κ2) is 11.0. The van der Waals surface area contributed by atoms with Gasteiger partial charge in [0.15, 0.2) is 24.5 Å². The Kier molecular flexibility index (Phi) is 8.09. The van der Waals surface area contributed by atoms with Gasteiger partial charge in [-0.1, -0.05) is 12.1 Å². The van der Waals surface area contributed by atoms with Crippen LogP contribution in [-0.2, 0) is 42.9 Å². The molecule has 1 aromatic heterocycles. The van der Waals surface area contributed by atoms with Crippen molar-refractivity contribution in [2.75, 3.05) is 12.0 Å². The highest BCUT2D eigenvalue weighted by molar-refractivity contribution is 5.77. The third kappa shape index (κ3) is 6.07. The molecule has 14 heteroatoms. The second-order valence-electron chi connectivity index (χ2n) is 7.87. The van der Waals surface area contributed by atoms with Gasteiger partial charge in [-0.3, -0.25) is 29.4 Å². The van der Waals surface area contributed by atoms with Gasteiger partial charge in [0.25, 0.3) is 5.56 Å². The van der Waals surface area contributed by atoms with E-state index in [2.05, 4.69) is 10.4 Å². The van der Waals surface area contributed by atoms with Gasteiger partial charge in [0, 0.05) is 27.7 Å². The summed E-state index contributed by atoms with van der Waals surface area (Å²) in [6, 6.07) is 6.26. The molecule has 14 nitrogen and oxygen atoms in total. The molecule has 0 bridgehead atoms. The lowest BCUT2D eigenvalue weighted by Crippen LogP contribution is -2.66. The van der Waals surface area contributed by atoms with Crippen LogP contribution in [0, 0.1) is 0 Å². The summed E-state index contributed by atoms with van der Waals surface area (Å²) in [6.45, 7) is 3.92. The van der Waals surface area contributed by atoms with Gasteiger partial charge in [-0.25, -0.2) is 4.79 Å². The van der Waals surface area contributed by atoms with E-state index in [1.54, 1.807) is 12.1 Å². The van der Waals surface area contributed by atoms with Crippen LogP contribution in [-0.4, -0.2) is 70.8 Å². The minimum Gasteiger partial charge on any atom is -0.463 e. The quantitative estimate of drug-likeness (QED) is 0.356. The number of rotatable bonds is 7. The molecule has 0 aliphatic carbocycles. The molecule has 0 radical (unpaired) electrons. The van der Waals surface area contributed by atoms with Crippen molar-refractivity contribution < 1.29 is 42.9 Å². The van der Waals surface area contributed by atoms with Crippen LogP contribution in [0.5, 0.6) is 0 Å². The zero-order valence-electron chi connectivity index (χ0n) is 19.8. The Morgan fingerprint density at radius 3 is 2.08 bits per heavy atom. The Morgan fingerprint density at radius 1 is 0.889 bits per heavy atom. The summed E-state index contributed by atoms with van der Waals surface area (Å²) in [6.07, 6.45) is -7.08. The Balaban J connectivity index is 2.09. The van der Waals surface area contributed by atoms with E-state index in [0.717, 1.165) is 27.7 Å². The largest absolute Gasteiger partial charge is 0.463 e. The molecule has 1 fully saturated rings. The highest BCUT2D eigenvalue weighted by Gasteiger charge is 2.52. The Hall–Kier alpha value is -4.20. The van der Waals surface area contributed by atoms with Gasteiger partial charge in [-0.15, -0.1) is 0 Å². The first-order valence-corrected chi connectivity index (χ1v) is 10.8. The van der Waals surface area contributed by atoms with E-state index in [9.17, 15) is 28.8 Å². The molecule has 0 saturated carbocycles. The van der Waals surface area contributed by atoms with E-state index >= 15 is 0 Å². The van der Waals surface area contributed by atoms with Crippen molar-refractivity contribution in [1.29, 1.82) is 0 Å². The summed E-state index contributed by atoms with van der Waals surface area (Å²) in [4.78, 5) is 75.3. The first-order valence-electron chi connectivity index (χ1n) is 10.8. The number of aromatic nitrogens is 2. The first kappa shape index (κ1) is 26.4. The number of para-hydroxylation sites is 1. The van der Waals surface area contributed by atoms with Crippen LogP contribution in [0.1, 0.15) is 27.7 Å². The number of carbonyl (C=O) groups is 4. The molecule has 0 spiro atoms. The lowest BCUT2D eigenvalue weighted by Gasteiger charge is -2.44. The number of carbonyl (C=O) groups excluding carboxylic acids is 4. The number of hydrogen-bond donors (Lipinski definition) is 2. The molecule has 36 heavy (non-hydrogen) atoms. The number of fused-ring (bicyclic) bond motifs is 1. The average Bonchev–Trinajstić information content (AvgIpc) is 2.78. The maximum atomic E-state index is 13.0. The molecular formula is C22H25N3O11. The van der Waals surface area contributed by atoms with Crippen LogP contribution in [0.15, 0.2) is 33.9 Å². The lowest BCUT2D eigenvalue weighted by molar-refractivity contribution is -0.249. The van der Waals surface area contributed by atoms with Crippen LogP contribution in [0.4, 0.5) is 0 Å². The highest BCUT2D eigenvalue weighted by atomic mass is 16.7. The van der Waals surface area contributed by atoms with Crippen molar-refractivity contribution in [1.82, 2.24) is 9.66 Å². The maximum absolute atomic E-state index is 13.0. The third-order valence-electron chi connectivity index (χ3n) is 5.05. The number of aromatic amines is 1. The SMILES string of the molecule is CC(=O)OCC1OC(Nn2c(=O)[nH]c3ccccc3c2=O)C(OC(C)=O)C(OC(C)=O)C1OC(C)=O. The number of nitrogens with one attached hydrogen (secondary N) is 2. The van der Waals surface area contributed by atoms with Gasteiger partial charge in [0.2, 0.25) is 0 Å². The van der Waals surface area contributed by atoms with Crippen molar-refractivity contribution in [2.24, 2.45) is 0 Å². The van der Waals surface area contributed by atoms with Gasteiger partial charge >= 0.3 is 29.6 Å². The number of ether oxygens (including phenoxy) is 5. The van der Waals surface area contributed by atoms with Crippen LogP contribution >= 0.6 is 0 Å². The fraction of sp³-hybridized carbons (Fsp3) is 0.455. The van der Waals surface area contributed by atoms with E-state index in [1.807, 2.05) is 0 Å². The normalized spacial score (nSPS) is 23.4. The fourth-order valence-corrected chi connectivity index (χ4v) is 3.74. The zero-order valence-corrected chi connectivity index (χ0v) is 19.8. The monoisotopic (exact) mass is 507 g/mol. The molecule has 2 N–H and O–H groups in total. The van der Waals surface area contributed by atoms with Gasteiger partial charge in [-0.2, -0.15) is 4.68 Å². The van der Waals surface area contributed by atoms with Crippen LogP contribution in [0.2, 0.25) is 0 Å². The molecular weight excluding hydrogens is 482 g/mol. The summed E-state index contributed by atoms with van der Waals surface area (Å²) >= 11 is 0.